The van der Waals surface area contributed by atoms with Crippen LogP contribution in [0.1, 0.15) is 45.4 Å². The van der Waals surface area contributed by atoms with Gasteiger partial charge in [0.2, 0.25) is 0 Å². The summed E-state index contributed by atoms with van der Waals surface area (Å²) in [6.45, 7) is 4.82. The molecule has 0 saturated heterocycles. The average Bonchev–Trinajstić information content (AvgIpc) is 2.27. The summed E-state index contributed by atoms with van der Waals surface area (Å²) in [4.78, 5) is 2.52. The molecule has 0 aromatic heterocycles. The predicted octanol–water partition coefficient (Wildman–Crippen LogP) is 2.50. The highest BCUT2D eigenvalue weighted by molar-refractivity contribution is 4.81. The van der Waals surface area contributed by atoms with E-state index < -0.39 is 0 Å². The van der Waals surface area contributed by atoms with E-state index in [9.17, 15) is 0 Å². The summed E-state index contributed by atoms with van der Waals surface area (Å²) in [6, 6.07) is 0.767. The Kier molecular flexibility index (Phi) is 6.26. The summed E-state index contributed by atoms with van der Waals surface area (Å²) in [6.07, 6.45) is 8.30. The molecule has 0 aromatic carbocycles. The van der Waals surface area contributed by atoms with Crippen molar-refractivity contribution in [2.75, 3.05) is 27.2 Å². The molecule has 2 atom stereocenters. The van der Waals surface area contributed by atoms with E-state index in [-0.39, 0.29) is 0 Å². The van der Waals surface area contributed by atoms with E-state index in [1.54, 1.807) is 0 Å². The first-order valence-corrected chi connectivity index (χ1v) is 6.63. The second-order valence-corrected chi connectivity index (χ2v) is 5.06. The van der Waals surface area contributed by atoms with E-state index in [1.165, 1.54) is 51.6 Å². The highest BCUT2D eigenvalue weighted by Gasteiger charge is 2.24. The fraction of sp³-hybridized carbons (Fsp3) is 1.00. The monoisotopic (exact) mass is 212 g/mol. The highest BCUT2D eigenvalue weighted by Crippen LogP contribution is 2.24. The standard InChI is InChI=1S/C13H28N2/c1-4-5-10-15(3)11-12-8-6-7-9-13(12)14-2/h12-14H,4-11H2,1-3H3. The number of nitrogens with zero attached hydrogens (tertiary/aromatic N) is 1. The Labute approximate surface area is 95.4 Å². The van der Waals surface area contributed by atoms with Crippen LogP contribution in [-0.2, 0) is 0 Å². The number of unbranched alkanes of at least 4 members (excludes halogenated alkanes) is 1. The van der Waals surface area contributed by atoms with Crippen molar-refractivity contribution in [2.24, 2.45) is 5.92 Å². The van der Waals surface area contributed by atoms with Crippen LogP contribution < -0.4 is 5.32 Å². The van der Waals surface area contributed by atoms with Crippen LogP contribution in [0.25, 0.3) is 0 Å². The zero-order chi connectivity index (χ0) is 11.1. The lowest BCUT2D eigenvalue weighted by Gasteiger charge is -2.34. The fourth-order valence-corrected chi connectivity index (χ4v) is 2.73. The lowest BCUT2D eigenvalue weighted by molar-refractivity contribution is 0.193. The van der Waals surface area contributed by atoms with Gasteiger partial charge in [-0.3, -0.25) is 0 Å². The highest BCUT2D eigenvalue weighted by atomic mass is 15.1. The number of nitrogens with one attached hydrogen (secondary N) is 1. The molecule has 1 aliphatic rings. The van der Waals surface area contributed by atoms with Crippen LogP contribution in [0.3, 0.4) is 0 Å². The van der Waals surface area contributed by atoms with E-state index in [2.05, 4.69) is 31.2 Å². The quantitative estimate of drug-likeness (QED) is 0.728. The Morgan fingerprint density at radius 3 is 2.67 bits per heavy atom. The van der Waals surface area contributed by atoms with Crippen molar-refractivity contribution >= 4 is 0 Å². The lowest BCUT2D eigenvalue weighted by Crippen LogP contribution is -2.42. The number of hydrogen-bond donors (Lipinski definition) is 1. The van der Waals surface area contributed by atoms with Gasteiger partial charge in [0.25, 0.3) is 0 Å². The predicted molar refractivity (Wildman–Crippen MR) is 67.2 cm³/mol. The summed E-state index contributed by atoms with van der Waals surface area (Å²) in [7, 11) is 4.39. The molecule has 0 heterocycles. The maximum absolute atomic E-state index is 3.49. The third-order valence-electron chi connectivity index (χ3n) is 3.72. The lowest BCUT2D eigenvalue weighted by atomic mass is 9.84. The number of rotatable bonds is 6. The van der Waals surface area contributed by atoms with Gasteiger partial charge in [-0.2, -0.15) is 0 Å². The minimum absolute atomic E-state index is 0.767. The van der Waals surface area contributed by atoms with Gasteiger partial charge < -0.3 is 10.2 Å². The first-order valence-electron chi connectivity index (χ1n) is 6.63. The molecule has 2 heteroatoms. The molecule has 0 spiro atoms. The second-order valence-electron chi connectivity index (χ2n) is 5.06. The van der Waals surface area contributed by atoms with Crippen LogP contribution in [0, 0.1) is 5.92 Å². The zero-order valence-electron chi connectivity index (χ0n) is 10.8. The van der Waals surface area contributed by atoms with Gasteiger partial charge in [-0.15, -0.1) is 0 Å². The molecule has 2 unspecified atom stereocenters. The van der Waals surface area contributed by atoms with E-state index in [1.807, 2.05) is 0 Å². The minimum Gasteiger partial charge on any atom is -0.317 e. The molecular weight excluding hydrogens is 184 g/mol. The molecule has 0 radical (unpaired) electrons. The van der Waals surface area contributed by atoms with Gasteiger partial charge in [0, 0.05) is 12.6 Å². The largest absolute Gasteiger partial charge is 0.317 e. The van der Waals surface area contributed by atoms with Crippen LogP contribution in [0.2, 0.25) is 0 Å². The van der Waals surface area contributed by atoms with Gasteiger partial charge in [0.05, 0.1) is 0 Å². The average molecular weight is 212 g/mol. The molecule has 1 rings (SSSR count). The SMILES string of the molecule is CCCCN(C)CC1CCCCC1NC. The van der Waals surface area contributed by atoms with Crippen LogP contribution in [-0.4, -0.2) is 38.1 Å². The van der Waals surface area contributed by atoms with Crippen LogP contribution in [0.15, 0.2) is 0 Å². The van der Waals surface area contributed by atoms with Gasteiger partial charge in [-0.25, -0.2) is 0 Å². The molecular formula is C13H28N2. The molecule has 90 valence electrons. The van der Waals surface area contributed by atoms with Gasteiger partial charge in [-0.05, 0) is 45.8 Å². The molecule has 1 N–H and O–H groups in total. The van der Waals surface area contributed by atoms with E-state index >= 15 is 0 Å². The van der Waals surface area contributed by atoms with Crippen molar-refractivity contribution in [3.8, 4) is 0 Å². The van der Waals surface area contributed by atoms with Crippen molar-refractivity contribution < 1.29 is 0 Å². The normalized spacial score (nSPS) is 27.2. The Hall–Kier alpha value is -0.0800. The Morgan fingerprint density at radius 1 is 1.27 bits per heavy atom. The summed E-state index contributed by atoms with van der Waals surface area (Å²) in [5.74, 6) is 0.880. The third-order valence-corrected chi connectivity index (χ3v) is 3.72. The smallest absolute Gasteiger partial charge is 0.0104 e. The van der Waals surface area contributed by atoms with Crippen molar-refractivity contribution in [1.82, 2.24) is 10.2 Å². The maximum atomic E-state index is 3.49. The molecule has 0 aromatic rings. The molecule has 0 amide bonds. The number of hydrogen-bond acceptors (Lipinski definition) is 2. The van der Waals surface area contributed by atoms with Crippen LogP contribution in [0.4, 0.5) is 0 Å². The first-order chi connectivity index (χ1) is 7.27. The van der Waals surface area contributed by atoms with E-state index in [0.29, 0.717) is 0 Å². The Morgan fingerprint density at radius 2 is 2.00 bits per heavy atom. The summed E-state index contributed by atoms with van der Waals surface area (Å²) < 4.78 is 0. The molecule has 1 aliphatic carbocycles. The summed E-state index contributed by atoms with van der Waals surface area (Å²) >= 11 is 0. The van der Waals surface area contributed by atoms with Gasteiger partial charge in [0.1, 0.15) is 0 Å². The van der Waals surface area contributed by atoms with Crippen molar-refractivity contribution in [3.05, 3.63) is 0 Å². The maximum Gasteiger partial charge on any atom is 0.0104 e. The van der Waals surface area contributed by atoms with Crippen LogP contribution in [0.5, 0.6) is 0 Å². The minimum atomic E-state index is 0.767. The third kappa shape index (κ3) is 4.52. The zero-order valence-corrected chi connectivity index (χ0v) is 10.8. The topological polar surface area (TPSA) is 15.3 Å². The molecule has 15 heavy (non-hydrogen) atoms. The van der Waals surface area contributed by atoms with Gasteiger partial charge in [-0.1, -0.05) is 26.2 Å². The van der Waals surface area contributed by atoms with Crippen molar-refractivity contribution in [2.45, 2.75) is 51.5 Å². The molecule has 0 aliphatic heterocycles. The molecule has 1 fully saturated rings. The summed E-state index contributed by atoms with van der Waals surface area (Å²) in [5.41, 5.74) is 0. The van der Waals surface area contributed by atoms with Crippen molar-refractivity contribution in [3.63, 3.8) is 0 Å². The summed E-state index contributed by atoms with van der Waals surface area (Å²) in [5, 5.41) is 3.49. The first kappa shape index (κ1) is 13.0. The van der Waals surface area contributed by atoms with Crippen LogP contribution >= 0.6 is 0 Å². The Bertz CT molecular complexity index is 159. The fourth-order valence-electron chi connectivity index (χ4n) is 2.73. The Balaban J connectivity index is 2.27. The van der Waals surface area contributed by atoms with Gasteiger partial charge in [0.15, 0.2) is 0 Å². The van der Waals surface area contributed by atoms with E-state index in [0.717, 1.165) is 12.0 Å². The van der Waals surface area contributed by atoms with Gasteiger partial charge >= 0.3 is 0 Å². The molecule has 2 nitrogen and oxygen atoms in total. The van der Waals surface area contributed by atoms with Crippen molar-refractivity contribution in [1.29, 1.82) is 0 Å². The molecule has 1 saturated carbocycles. The van der Waals surface area contributed by atoms with E-state index in [4.69, 9.17) is 0 Å². The second kappa shape index (κ2) is 7.24. The molecule has 0 bridgehead atoms.